The lowest BCUT2D eigenvalue weighted by Gasteiger charge is -2.36. The molecule has 2 heterocycles. The third-order valence-electron chi connectivity index (χ3n) is 11.1. The molecule has 0 bridgehead atoms. The molecule has 0 fully saturated rings. The quantitative estimate of drug-likeness (QED) is 0.125. The van der Waals surface area contributed by atoms with E-state index in [1.165, 1.54) is 9.80 Å². The van der Waals surface area contributed by atoms with E-state index in [0.717, 1.165) is 73.6 Å². The first kappa shape index (κ1) is 35.3. The summed E-state index contributed by atoms with van der Waals surface area (Å²) in [5, 5.41) is 0.862. The van der Waals surface area contributed by atoms with Gasteiger partial charge in [-0.05, 0) is 84.0 Å². The molecule has 4 aromatic carbocycles. The zero-order valence-electron chi connectivity index (χ0n) is 30.5. The smallest absolute Gasteiger partial charge is 0.262 e. The Balaban J connectivity index is 1.69. The first-order chi connectivity index (χ1) is 24.2. The summed E-state index contributed by atoms with van der Waals surface area (Å²) >= 11 is 0. The topological polar surface area (TPSA) is 74.8 Å². The van der Waals surface area contributed by atoms with Crippen molar-refractivity contribution in [3.8, 4) is 22.3 Å². The summed E-state index contributed by atoms with van der Waals surface area (Å²) in [5.74, 6) is -1.09. The minimum atomic E-state index is -0.361. The van der Waals surface area contributed by atoms with Gasteiger partial charge < -0.3 is 0 Å². The van der Waals surface area contributed by atoms with E-state index in [2.05, 4.69) is 27.7 Å². The Morgan fingerprint density at radius 3 is 1.22 bits per heavy atom. The SMILES string of the molecule is CCCCC(CC)CN1C(=O)c2cc(-c3ccccc3C)c3c4c(cc(-c5ccccc5C)c(c24)C1=O)C(=O)N(CC(CC)CCCC)C3=O. The highest BCUT2D eigenvalue weighted by atomic mass is 16.2. The van der Waals surface area contributed by atoms with Gasteiger partial charge in [0.25, 0.3) is 23.6 Å². The van der Waals surface area contributed by atoms with Gasteiger partial charge in [0.2, 0.25) is 0 Å². The lowest BCUT2D eigenvalue weighted by molar-refractivity contribution is 0.0559. The van der Waals surface area contributed by atoms with E-state index in [1.54, 1.807) is 0 Å². The molecule has 4 aromatic rings. The number of unbranched alkanes of at least 4 members (excludes halogenated alkanes) is 2. The Hall–Kier alpha value is -4.58. The van der Waals surface area contributed by atoms with Gasteiger partial charge in [-0.3, -0.25) is 29.0 Å². The number of hydrogen-bond donors (Lipinski definition) is 0. The van der Waals surface area contributed by atoms with Crippen molar-refractivity contribution < 1.29 is 19.2 Å². The van der Waals surface area contributed by atoms with E-state index in [-0.39, 0.29) is 35.5 Å². The van der Waals surface area contributed by atoms with Crippen LogP contribution in [-0.4, -0.2) is 46.5 Å². The number of imide groups is 2. The van der Waals surface area contributed by atoms with E-state index in [4.69, 9.17) is 0 Å². The summed E-state index contributed by atoms with van der Waals surface area (Å²) in [6.45, 7) is 13.2. The molecule has 4 amide bonds. The molecule has 0 aromatic heterocycles. The van der Waals surface area contributed by atoms with Crippen molar-refractivity contribution in [1.82, 2.24) is 9.80 Å². The number of hydrogen-bond acceptors (Lipinski definition) is 4. The van der Waals surface area contributed by atoms with Crippen molar-refractivity contribution in [2.75, 3.05) is 13.1 Å². The number of aryl methyl sites for hydroxylation is 2. The van der Waals surface area contributed by atoms with Gasteiger partial charge in [0.1, 0.15) is 0 Å². The molecule has 260 valence electrons. The average Bonchev–Trinajstić information content (AvgIpc) is 3.12. The Labute approximate surface area is 296 Å². The van der Waals surface area contributed by atoms with Crippen LogP contribution in [0.4, 0.5) is 0 Å². The summed E-state index contributed by atoms with van der Waals surface area (Å²) < 4.78 is 0. The van der Waals surface area contributed by atoms with Crippen LogP contribution in [-0.2, 0) is 0 Å². The van der Waals surface area contributed by atoms with Crippen LogP contribution in [0.1, 0.15) is 132 Å². The van der Waals surface area contributed by atoms with Gasteiger partial charge in [-0.1, -0.05) is 115 Å². The van der Waals surface area contributed by atoms with Crippen LogP contribution in [0, 0.1) is 25.7 Å². The van der Waals surface area contributed by atoms with Crippen molar-refractivity contribution in [3.63, 3.8) is 0 Å². The highest BCUT2D eigenvalue weighted by molar-refractivity contribution is 6.36. The molecule has 6 heteroatoms. The maximum atomic E-state index is 14.8. The fourth-order valence-electron chi connectivity index (χ4n) is 8.02. The van der Waals surface area contributed by atoms with Gasteiger partial charge in [0.15, 0.2) is 0 Å². The Kier molecular flexibility index (Phi) is 10.4. The van der Waals surface area contributed by atoms with Gasteiger partial charge in [0, 0.05) is 35.0 Å². The summed E-state index contributed by atoms with van der Waals surface area (Å²) in [4.78, 5) is 61.9. The fraction of sp³-hybridized carbons (Fsp3) is 0.409. The van der Waals surface area contributed by atoms with Crippen molar-refractivity contribution in [2.45, 2.75) is 92.9 Å². The summed E-state index contributed by atoms with van der Waals surface area (Å²) in [6, 6.07) is 19.4. The number of rotatable bonds is 14. The van der Waals surface area contributed by atoms with E-state index in [1.807, 2.05) is 74.5 Å². The van der Waals surface area contributed by atoms with E-state index >= 15 is 0 Å². The molecule has 0 N–H and O–H groups in total. The molecule has 0 saturated carbocycles. The summed E-state index contributed by atoms with van der Waals surface area (Å²) in [6.07, 6.45) is 7.70. The maximum absolute atomic E-state index is 14.8. The number of benzene rings is 4. The monoisotopic (exact) mass is 670 g/mol. The van der Waals surface area contributed by atoms with Gasteiger partial charge in [-0.25, -0.2) is 0 Å². The van der Waals surface area contributed by atoms with Crippen LogP contribution in [0.2, 0.25) is 0 Å². The molecule has 2 unspecified atom stereocenters. The minimum absolute atomic E-state index is 0.172. The molecular formula is C44H50N2O4. The second-order valence-corrected chi connectivity index (χ2v) is 14.3. The maximum Gasteiger partial charge on any atom is 0.262 e. The average molecular weight is 671 g/mol. The van der Waals surface area contributed by atoms with Crippen molar-refractivity contribution >= 4 is 34.4 Å². The van der Waals surface area contributed by atoms with E-state index in [0.29, 0.717) is 57.2 Å². The molecule has 2 aliphatic heterocycles. The van der Waals surface area contributed by atoms with Crippen LogP contribution in [0.3, 0.4) is 0 Å². The first-order valence-corrected chi connectivity index (χ1v) is 18.7. The molecule has 50 heavy (non-hydrogen) atoms. The van der Waals surface area contributed by atoms with Crippen LogP contribution >= 0.6 is 0 Å². The molecular weight excluding hydrogens is 620 g/mol. The lowest BCUT2D eigenvalue weighted by Crippen LogP contribution is -2.46. The highest BCUT2D eigenvalue weighted by Gasteiger charge is 2.43. The van der Waals surface area contributed by atoms with Crippen molar-refractivity contribution in [1.29, 1.82) is 0 Å². The highest BCUT2D eigenvalue weighted by Crippen LogP contribution is 2.47. The predicted molar refractivity (Wildman–Crippen MR) is 202 cm³/mol. The van der Waals surface area contributed by atoms with Crippen LogP contribution in [0.15, 0.2) is 60.7 Å². The zero-order valence-corrected chi connectivity index (χ0v) is 30.5. The van der Waals surface area contributed by atoms with Crippen LogP contribution in [0.5, 0.6) is 0 Å². The molecule has 6 nitrogen and oxygen atoms in total. The van der Waals surface area contributed by atoms with E-state index in [9.17, 15) is 19.2 Å². The third-order valence-corrected chi connectivity index (χ3v) is 11.1. The van der Waals surface area contributed by atoms with Gasteiger partial charge >= 0.3 is 0 Å². The molecule has 0 radical (unpaired) electrons. The molecule has 0 spiro atoms. The second kappa shape index (κ2) is 14.7. The summed E-state index contributed by atoms with van der Waals surface area (Å²) in [5.41, 5.74) is 6.41. The zero-order chi connectivity index (χ0) is 35.7. The van der Waals surface area contributed by atoms with Gasteiger partial charge in [-0.15, -0.1) is 0 Å². The number of amides is 4. The largest absolute Gasteiger partial charge is 0.274 e. The van der Waals surface area contributed by atoms with Gasteiger partial charge in [0.05, 0.1) is 11.1 Å². The molecule has 0 saturated heterocycles. The standard InChI is InChI=1S/C44H50N2O4/c1-7-11-19-29(9-3)25-45-41(47)35-23-34(32-22-16-14-18-28(32)6)40-38-36(42(48)46(44(40)50)26-30(10-4)20-12-8-2)24-33(39(37(35)38)43(45)49)31-21-15-13-17-27(31)5/h13-18,21-24,29-30H,7-12,19-20,25-26H2,1-6H3. The number of carbonyl (C=O) groups is 4. The Morgan fingerprint density at radius 1 is 0.500 bits per heavy atom. The predicted octanol–water partition coefficient (Wildman–Crippen LogP) is 10.4. The van der Waals surface area contributed by atoms with Crippen molar-refractivity contribution in [2.24, 2.45) is 11.8 Å². The number of carbonyl (C=O) groups excluding carboxylic acids is 4. The number of nitrogens with zero attached hydrogens (tertiary/aromatic N) is 2. The molecule has 0 aliphatic carbocycles. The van der Waals surface area contributed by atoms with E-state index < -0.39 is 0 Å². The first-order valence-electron chi connectivity index (χ1n) is 18.7. The molecule has 2 aliphatic rings. The van der Waals surface area contributed by atoms with Gasteiger partial charge in [-0.2, -0.15) is 0 Å². The normalized spacial score (nSPS) is 15.3. The molecule has 6 rings (SSSR count). The van der Waals surface area contributed by atoms with Crippen LogP contribution < -0.4 is 0 Å². The second-order valence-electron chi connectivity index (χ2n) is 14.3. The molecule has 2 atom stereocenters. The van der Waals surface area contributed by atoms with Crippen LogP contribution in [0.25, 0.3) is 33.0 Å². The third kappa shape index (κ3) is 6.07. The minimum Gasteiger partial charge on any atom is -0.274 e. The fourth-order valence-corrected chi connectivity index (χ4v) is 8.02. The Morgan fingerprint density at radius 2 is 0.880 bits per heavy atom. The van der Waals surface area contributed by atoms with Crippen molar-refractivity contribution in [3.05, 3.63) is 94.0 Å². The lowest BCUT2D eigenvalue weighted by atomic mass is 9.78. The summed E-state index contributed by atoms with van der Waals surface area (Å²) in [7, 11) is 0. The Bertz CT molecular complexity index is 1850.